The Balaban J connectivity index is 4.21. The van der Waals surface area contributed by atoms with Gasteiger partial charge in [0.25, 0.3) is 0 Å². The number of hydrogen-bond acceptors (Lipinski definition) is 2. The van der Waals surface area contributed by atoms with Crippen LogP contribution in [0, 0.1) is 5.92 Å². The van der Waals surface area contributed by atoms with E-state index in [4.69, 9.17) is 32.7 Å². The van der Waals surface area contributed by atoms with Gasteiger partial charge in [-0.2, -0.15) is 0 Å². The molecule has 18 heavy (non-hydrogen) atoms. The molecule has 0 saturated heterocycles. The van der Waals surface area contributed by atoms with Gasteiger partial charge in [0, 0.05) is 18.9 Å². The minimum atomic E-state index is -0.0849. The summed E-state index contributed by atoms with van der Waals surface area (Å²) < 4.78 is 11.3. The molecule has 108 valence electrons. The fourth-order valence-corrected chi connectivity index (χ4v) is 2.36. The quantitative estimate of drug-likeness (QED) is 0.419. The molecule has 0 N–H and O–H groups in total. The number of ether oxygens (including phenoxy) is 2. The van der Waals surface area contributed by atoms with Crippen LogP contribution in [0.5, 0.6) is 0 Å². The second-order valence-corrected chi connectivity index (χ2v) is 5.43. The van der Waals surface area contributed by atoms with E-state index >= 15 is 0 Å². The molecule has 0 aliphatic heterocycles. The standard InChI is InChI=1S/C14H26Cl2O2/c1-5-6-12(18-13(9-15)10-16)7-8-14(17-4)11(2)3/h5,11-14H,1,6-10H2,2-4H3/t12-,14+/m0/s1. The first-order valence-corrected chi connectivity index (χ1v) is 7.56. The second kappa shape index (κ2) is 11.1. The lowest BCUT2D eigenvalue weighted by atomic mass is 9.99. The molecule has 0 fully saturated rings. The smallest absolute Gasteiger partial charge is 0.0849 e. The zero-order valence-electron chi connectivity index (χ0n) is 11.7. The van der Waals surface area contributed by atoms with Gasteiger partial charge < -0.3 is 9.47 Å². The van der Waals surface area contributed by atoms with E-state index in [1.807, 2.05) is 6.08 Å². The molecule has 0 unspecified atom stereocenters. The van der Waals surface area contributed by atoms with Crippen LogP contribution < -0.4 is 0 Å². The normalized spacial score (nSPS) is 15.1. The van der Waals surface area contributed by atoms with Crippen LogP contribution in [-0.4, -0.2) is 37.2 Å². The van der Waals surface area contributed by atoms with Crippen LogP contribution >= 0.6 is 23.2 Å². The lowest BCUT2D eigenvalue weighted by molar-refractivity contribution is -0.00971. The Morgan fingerprint density at radius 2 is 1.72 bits per heavy atom. The molecule has 0 saturated carbocycles. The Labute approximate surface area is 122 Å². The SMILES string of the molecule is C=CC[C@@H](CC[C@@H](OC)C(C)C)OC(CCl)CCl. The molecule has 0 spiro atoms. The average molecular weight is 297 g/mol. The topological polar surface area (TPSA) is 18.5 Å². The van der Waals surface area contributed by atoms with E-state index in [2.05, 4.69) is 20.4 Å². The van der Waals surface area contributed by atoms with Gasteiger partial charge in [-0.3, -0.25) is 0 Å². The molecular formula is C14H26Cl2O2. The third-order valence-electron chi connectivity index (χ3n) is 2.98. The first-order valence-electron chi connectivity index (χ1n) is 6.50. The van der Waals surface area contributed by atoms with Crippen LogP contribution in [0.2, 0.25) is 0 Å². The number of rotatable bonds is 11. The van der Waals surface area contributed by atoms with Gasteiger partial charge >= 0.3 is 0 Å². The molecule has 0 aliphatic rings. The molecule has 4 heteroatoms. The summed E-state index contributed by atoms with van der Waals surface area (Å²) in [6, 6.07) is 0. The van der Waals surface area contributed by atoms with E-state index in [0.29, 0.717) is 17.7 Å². The lowest BCUT2D eigenvalue weighted by Gasteiger charge is -2.25. The summed E-state index contributed by atoms with van der Waals surface area (Å²) in [5.74, 6) is 1.36. The summed E-state index contributed by atoms with van der Waals surface area (Å²) in [7, 11) is 1.76. The Morgan fingerprint density at radius 1 is 1.11 bits per heavy atom. The maximum atomic E-state index is 5.87. The maximum absolute atomic E-state index is 5.87. The van der Waals surface area contributed by atoms with Crippen molar-refractivity contribution in [2.45, 2.75) is 51.4 Å². The number of halogens is 2. The van der Waals surface area contributed by atoms with Crippen LogP contribution in [-0.2, 0) is 9.47 Å². The summed E-state index contributed by atoms with van der Waals surface area (Å²) in [4.78, 5) is 0. The van der Waals surface area contributed by atoms with Gasteiger partial charge in [-0.25, -0.2) is 0 Å². The van der Waals surface area contributed by atoms with Crippen molar-refractivity contribution in [2.75, 3.05) is 18.9 Å². The van der Waals surface area contributed by atoms with Crippen LogP contribution in [0.4, 0.5) is 0 Å². The summed E-state index contributed by atoms with van der Waals surface area (Å²) in [5, 5.41) is 0. The number of alkyl halides is 2. The van der Waals surface area contributed by atoms with Crippen molar-refractivity contribution in [1.82, 2.24) is 0 Å². The Bertz CT molecular complexity index is 206. The maximum Gasteiger partial charge on any atom is 0.0849 e. The predicted molar refractivity (Wildman–Crippen MR) is 79.8 cm³/mol. The van der Waals surface area contributed by atoms with Crippen molar-refractivity contribution in [3.05, 3.63) is 12.7 Å². The molecule has 0 aromatic rings. The molecule has 0 aromatic carbocycles. The van der Waals surface area contributed by atoms with Gasteiger partial charge in [-0.15, -0.1) is 29.8 Å². The zero-order chi connectivity index (χ0) is 14.0. The molecule has 0 heterocycles. The molecule has 2 nitrogen and oxygen atoms in total. The van der Waals surface area contributed by atoms with Gasteiger partial charge in [0.15, 0.2) is 0 Å². The minimum Gasteiger partial charge on any atom is -0.381 e. The van der Waals surface area contributed by atoms with E-state index < -0.39 is 0 Å². The van der Waals surface area contributed by atoms with Crippen LogP contribution in [0.15, 0.2) is 12.7 Å². The molecule has 0 rings (SSSR count). The van der Waals surface area contributed by atoms with E-state index in [-0.39, 0.29) is 18.3 Å². The van der Waals surface area contributed by atoms with Crippen LogP contribution in [0.3, 0.4) is 0 Å². The predicted octanol–water partition coefficient (Wildman–Crippen LogP) is 4.25. The second-order valence-electron chi connectivity index (χ2n) is 4.81. The number of hydrogen-bond donors (Lipinski definition) is 0. The van der Waals surface area contributed by atoms with Crippen molar-refractivity contribution in [3.63, 3.8) is 0 Å². The first-order chi connectivity index (χ1) is 8.58. The molecular weight excluding hydrogens is 271 g/mol. The van der Waals surface area contributed by atoms with Crippen LogP contribution in [0.1, 0.15) is 33.1 Å². The van der Waals surface area contributed by atoms with Crippen molar-refractivity contribution >= 4 is 23.2 Å². The van der Waals surface area contributed by atoms with Gasteiger partial charge in [0.05, 0.1) is 18.3 Å². The molecule has 0 amide bonds. The number of methoxy groups -OCH3 is 1. The summed E-state index contributed by atoms with van der Waals surface area (Å²) in [5.41, 5.74) is 0. The van der Waals surface area contributed by atoms with Gasteiger partial charge in [0.2, 0.25) is 0 Å². The fourth-order valence-electron chi connectivity index (χ4n) is 1.89. The molecule has 0 aliphatic carbocycles. The average Bonchev–Trinajstić information content (AvgIpc) is 2.35. The summed E-state index contributed by atoms with van der Waals surface area (Å²) >= 11 is 11.6. The molecule has 0 bridgehead atoms. The molecule has 2 atom stereocenters. The van der Waals surface area contributed by atoms with Crippen molar-refractivity contribution in [3.8, 4) is 0 Å². The minimum absolute atomic E-state index is 0.0849. The van der Waals surface area contributed by atoms with Crippen molar-refractivity contribution in [1.29, 1.82) is 0 Å². The monoisotopic (exact) mass is 296 g/mol. The van der Waals surface area contributed by atoms with E-state index in [1.54, 1.807) is 7.11 Å². The third kappa shape index (κ3) is 7.63. The van der Waals surface area contributed by atoms with Gasteiger partial charge in [-0.1, -0.05) is 19.9 Å². The highest BCUT2D eigenvalue weighted by Gasteiger charge is 2.18. The highest BCUT2D eigenvalue weighted by molar-refractivity contribution is 6.21. The molecule has 0 aromatic heterocycles. The first kappa shape index (κ1) is 18.2. The van der Waals surface area contributed by atoms with E-state index in [9.17, 15) is 0 Å². The largest absolute Gasteiger partial charge is 0.381 e. The highest BCUT2D eigenvalue weighted by atomic mass is 35.5. The Kier molecular flexibility index (Phi) is 11.2. The summed E-state index contributed by atoms with van der Waals surface area (Å²) in [6.07, 6.45) is 4.92. The van der Waals surface area contributed by atoms with E-state index in [0.717, 1.165) is 19.3 Å². The van der Waals surface area contributed by atoms with Gasteiger partial charge in [0.1, 0.15) is 0 Å². The van der Waals surface area contributed by atoms with Crippen LogP contribution in [0.25, 0.3) is 0 Å². The van der Waals surface area contributed by atoms with Gasteiger partial charge in [-0.05, 0) is 25.2 Å². The molecule has 0 radical (unpaired) electrons. The zero-order valence-corrected chi connectivity index (χ0v) is 13.2. The lowest BCUT2D eigenvalue weighted by Crippen LogP contribution is -2.27. The van der Waals surface area contributed by atoms with Crippen molar-refractivity contribution < 1.29 is 9.47 Å². The van der Waals surface area contributed by atoms with E-state index in [1.165, 1.54) is 0 Å². The third-order valence-corrected chi connectivity index (χ3v) is 3.67. The Hall–Kier alpha value is 0.240. The highest BCUT2D eigenvalue weighted by Crippen LogP contribution is 2.18. The summed E-state index contributed by atoms with van der Waals surface area (Å²) in [6.45, 7) is 8.09. The van der Waals surface area contributed by atoms with Crippen molar-refractivity contribution in [2.24, 2.45) is 5.92 Å². The Morgan fingerprint density at radius 3 is 2.11 bits per heavy atom. The fraction of sp³-hybridized carbons (Fsp3) is 0.857.